The molecule has 128 valence electrons. The third-order valence-electron chi connectivity index (χ3n) is 4.11. The molecule has 1 amide bonds. The van der Waals surface area contributed by atoms with Gasteiger partial charge in [0.2, 0.25) is 5.91 Å². The second-order valence-corrected chi connectivity index (χ2v) is 8.98. The molecule has 1 fully saturated rings. The van der Waals surface area contributed by atoms with Crippen LogP contribution >= 0.6 is 11.3 Å². The molecule has 1 N–H and O–H groups in total. The van der Waals surface area contributed by atoms with Gasteiger partial charge >= 0.3 is 0 Å². The molecule has 2 heterocycles. The molecule has 1 aliphatic heterocycles. The zero-order valence-corrected chi connectivity index (χ0v) is 15.1. The van der Waals surface area contributed by atoms with Crippen LogP contribution in [0.15, 0.2) is 46.0 Å². The van der Waals surface area contributed by atoms with Crippen LogP contribution in [-0.4, -0.2) is 31.2 Å². The Morgan fingerprint density at radius 1 is 1.33 bits per heavy atom. The lowest BCUT2D eigenvalue weighted by Gasteiger charge is -2.22. The van der Waals surface area contributed by atoms with Crippen LogP contribution in [0.3, 0.4) is 0 Å². The summed E-state index contributed by atoms with van der Waals surface area (Å²) in [5.74, 6) is -0.228. The van der Waals surface area contributed by atoms with Crippen molar-refractivity contribution >= 4 is 27.3 Å². The monoisotopic (exact) mass is 364 g/mol. The van der Waals surface area contributed by atoms with Crippen LogP contribution in [0, 0.1) is 6.92 Å². The van der Waals surface area contributed by atoms with E-state index in [1.165, 1.54) is 15.6 Å². The molecular weight excluding hydrogens is 344 g/mol. The van der Waals surface area contributed by atoms with Crippen LogP contribution in [0.1, 0.15) is 24.0 Å². The van der Waals surface area contributed by atoms with Gasteiger partial charge < -0.3 is 5.32 Å². The number of nitrogens with one attached hydrogen (secondary N) is 1. The van der Waals surface area contributed by atoms with E-state index in [4.69, 9.17) is 0 Å². The molecular formula is C17H20N2O3S2. The molecule has 1 saturated heterocycles. The predicted molar refractivity (Wildman–Crippen MR) is 94.3 cm³/mol. The van der Waals surface area contributed by atoms with Crippen molar-refractivity contribution in [2.24, 2.45) is 0 Å². The molecule has 2 aromatic rings. The van der Waals surface area contributed by atoms with Crippen molar-refractivity contribution in [3.8, 4) is 0 Å². The van der Waals surface area contributed by atoms with E-state index < -0.39 is 16.1 Å². The first kappa shape index (κ1) is 17.1. The van der Waals surface area contributed by atoms with Gasteiger partial charge in [0.1, 0.15) is 10.3 Å². The van der Waals surface area contributed by atoms with Gasteiger partial charge in [0.15, 0.2) is 0 Å². The zero-order valence-electron chi connectivity index (χ0n) is 13.4. The molecule has 7 heteroatoms. The van der Waals surface area contributed by atoms with Crippen LogP contribution in [0.4, 0.5) is 0 Å². The molecule has 3 rings (SSSR count). The molecule has 24 heavy (non-hydrogen) atoms. The number of carbonyl (C=O) groups is 1. The van der Waals surface area contributed by atoms with Gasteiger partial charge in [0.05, 0.1) is 0 Å². The first-order valence-electron chi connectivity index (χ1n) is 7.87. The fraction of sp³-hybridized carbons (Fsp3) is 0.353. The van der Waals surface area contributed by atoms with E-state index in [1.807, 2.05) is 31.2 Å². The van der Waals surface area contributed by atoms with E-state index >= 15 is 0 Å². The third kappa shape index (κ3) is 3.53. The minimum absolute atomic E-state index is 0.228. The summed E-state index contributed by atoms with van der Waals surface area (Å²) in [5.41, 5.74) is 2.14. The van der Waals surface area contributed by atoms with E-state index in [0.29, 0.717) is 30.1 Å². The summed E-state index contributed by atoms with van der Waals surface area (Å²) in [6.45, 7) is 2.80. The van der Waals surface area contributed by atoms with Gasteiger partial charge in [-0.3, -0.25) is 4.79 Å². The summed E-state index contributed by atoms with van der Waals surface area (Å²) in [6, 6.07) is 10.6. The SMILES string of the molecule is Cc1cccc(CNC(=O)[C@H]2CCCN2S(=O)(=O)c2cccs2)c1. The number of benzene rings is 1. The molecule has 0 saturated carbocycles. The van der Waals surface area contributed by atoms with Crippen LogP contribution in [-0.2, 0) is 21.4 Å². The summed E-state index contributed by atoms with van der Waals surface area (Å²) in [4.78, 5) is 12.5. The van der Waals surface area contributed by atoms with Crippen LogP contribution in [0.2, 0.25) is 0 Å². The minimum atomic E-state index is -3.59. The maximum Gasteiger partial charge on any atom is 0.253 e. The van der Waals surface area contributed by atoms with Crippen LogP contribution in [0.25, 0.3) is 0 Å². The summed E-state index contributed by atoms with van der Waals surface area (Å²) >= 11 is 1.18. The number of hydrogen-bond donors (Lipinski definition) is 1. The molecule has 0 aliphatic carbocycles. The van der Waals surface area contributed by atoms with Gasteiger partial charge in [-0.2, -0.15) is 4.31 Å². The third-order valence-corrected chi connectivity index (χ3v) is 7.39. The fourth-order valence-corrected chi connectivity index (χ4v) is 5.72. The van der Waals surface area contributed by atoms with Crippen LogP contribution in [0.5, 0.6) is 0 Å². The molecule has 1 aliphatic rings. The first-order chi connectivity index (χ1) is 11.5. The molecule has 1 aromatic carbocycles. The van der Waals surface area contributed by atoms with Crippen molar-refractivity contribution in [1.82, 2.24) is 9.62 Å². The van der Waals surface area contributed by atoms with Crippen molar-refractivity contribution in [2.45, 2.75) is 36.6 Å². The molecule has 5 nitrogen and oxygen atoms in total. The fourth-order valence-electron chi connectivity index (χ4n) is 2.94. The van der Waals surface area contributed by atoms with Gasteiger partial charge in [-0.1, -0.05) is 35.9 Å². The van der Waals surface area contributed by atoms with E-state index in [1.54, 1.807) is 17.5 Å². The average molecular weight is 364 g/mol. The number of aryl methyl sites for hydroxylation is 1. The summed E-state index contributed by atoms with van der Waals surface area (Å²) in [5, 5.41) is 4.61. The summed E-state index contributed by atoms with van der Waals surface area (Å²) < 4.78 is 27.0. The number of carbonyl (C=O) groups excluding carboxylic acids is 1. The highest BCUT2D eigenvalue weighted by molar-refractivity contribution is 7.91. The van der Waals surface area contributed by atoms with Crippen molar-refractivity contribution in [3.63, 3.8) is 0 Å². The molecule has 1 aromatic heterocycles. The number of hydrogen-bond acceptors (Lipinski definition) is 4. The van der Waals surface area contributed by atoms with Crippen molar-refractivity contribution in [3.05, 3.63) is 52.9 Å². The molecule has 1 atom stereocenters. The Bertz CT molecular complexity index is 816. The second-order valence-electron chi connectivity index (χ2n) is 5.91. The lowest BCUT2D eigenvalue weighted by molar-refractivity contribution is -0.124. The van der Waals surface area contributed by atoms with Crippen LogP contribution < -0.4 is 5.32 Å². The Balaban J connectivity index is 1.70. The van der Waals surface area contributed by atoms with Crippen molar-refractivity contribution < 1.29 is 13.2 Å². The number of sulfonamides is 1. The highest BCUT2D eigenvalue weighted by Gasteiger charge is 2.39. The smallest absolute Gasteiger partial charge is 0.253 e. The highest BCUT2D eigenvalue weighted by atomic mass is 32.2. The topological polar surface area (TPSA) is 66.5 Å². The van der Waals surface area contributed by atoms with Gasteiger partial charge in [-0.15, -0.1) is 11.3 Å². The predicted octanol–water partition coefficient (Wildman–Crippen LogP) is 2.53. The van der Waals surface area contributed by atoms with Gasteiger partial charge in [-0.25, -0.2) is 8.42 Å². The minimum Gasteiger partial charge on any atom is -0.351 e. The number of amides is 1. The normalized spacial score (nSPS) is 18.6. The Morgan fingerprint density at radius 3 is 2.88 bits per heavy atom. The maximum absolute atomic E-state index is 12.7. The van der Waals surface area contributed by atoms with Crippen molar-refractivity contribution in [2.75, 3.05) is 6.54 Å². The van der Waals surface area contributed by atoms with Gasteiger partial charge in [0, 0.05) is 13.1 Å². The number of rotatable bonds is 5. The maximum atomic E-state index is 12.7. The highest BCUT2D eigenvalue weighted by Crippen LogP contribution is 2.28. The Labute approximate surface area is 146 Å². The second kappa shape index (κ2) is 7.04. The standard InChI is InChI=1S/C17H20N2O3S2/c1-13-5-2-6-14(11-13)12-18-17(20)15-7-3-9-19(15)24(21,22)16-8-4-10-23-16/h2,4-6,8,10-11,15H,3,7,9,12H2,1H3,(H,18,20)/t15-/m1/s1. The number of nitrogens with zero attached hydrogens (tertiary/aromatic N) is 1. The lowest BCUT2D eigenvalue weighted by Crippen LogP contribution is -2.45. The summed E-state index contributed by atoms with van der Waals surface area (Å²) in [7, 11) is -3.59. The van der Waals surface area contributed by atoms with E-state index in [-0.39, 0.29) is 5.91 Å². The zero-order chi connectivity index (χ0) is 17.2. The molecule has 0 unspecified atom stereocenters. The Hall–Kier alpha value is -1.70. The molecule has 0 bridgehead atoms. The quantitative estimate of drug-likeness (QED) is 0.886. The van der Waals surface area contributed by atoms with E-state index in [2.05, 4.69) is 5.32 Å². The Kier molecular flexibility index (Phi) is 5.03. The lowest BCUT2D eigenvalue weighted by atomic mass is 10.1. The van der Waals surface area contributed by atoms with Crippen molar-refractivity contribution in [1.29, 1.82) is 0 Å². The van der Waals surface area contributed by atoms with E-state index in [9.17, 15) is 13.2 Å². The number of thiophene rings is 1. The average Bonchev–Trinajstić information content (AvgIpc) is 3.24. The van der Waals surface area contributed by atoms with Gasteiger partial charge in [0.25, 0.3) is 10.0 Å². The first-order valence-corrected chi connectivity index (χ1v) is 10.2. The summed E-state index contributed by atoms with van der Waals surface area (Å²) in [6.07, 6.45) is 1.26. The van der Waals surface area contributed by atoms with Gasteiger partial charge in [-0.05, 0) is 36.8 Å². The Morgan fingerprint density at radius 2 is 2.17 bits per heavy atom. The molecule has 0 spiro atoms. The van der Waals surface area contributed by atoms with E-state index in [0.717, 1.165) is 11.1 Å². The molecule has 0 radical (unpaired) electrons. The largest absolute Gasteiger partial charge is 0.351 e.